The predicted molar refractivity (Wildman–Crippen MR) is 280 cm³/mol. The molecule has 0 unspecified atom stereocenters. The topological polar surface area (TPSA) is 40.3 Å². The van der Waals surface area contributed by atoms with Gasteiger partial charge in [0.15, 0.2) is 0 Å². The molecule has 5 nitrogen and oxygen atoms in total. The van der Waals surface area contributed by atoms with Crippen molar-refractivity contribution in [2.24, 2.45) is 0 Å². The summed E-state index contributed by atoms with van der Waals surface area (Å²) in [5.41, 5.74) is 13.4. The first-order chi connectivity index (χ1) is 32.5. The summed E-state index contributed by atoms with van der Waals surface area (Å²) in [4.78, 5) is 5.55. The molecule has 6 heteroatoms. The third-order valence-corrected chi connectivity index (χ3v) is 13.3. The summed E-state index contributed by atoms with van der Waals surface area (Å²) in [5.74, 6) is 0. The van der Waals surface area contributed by atoms with E-state index in [9.17, 15) is 0 Å². The van der Waals surface area contributed by atoms with Gasteiger partial charge in [-0.2, -0.15) is 24.3 Å². The van der Waals surface area contributed by atoms with E-state index < -0.39 is 0 Å². The molecular formula is C62H49N4OPt-3. The molecular weight excluding hydrogens is 1010 g/mol. The van der Waals surface area contributed by atoms with Crippen LogP contribution in [-0.4, -0.2) is 18.5 Å². The first-order valence-corrected chi connectivity index (χ1v) is 23.1. The molecule has 0 radical (unpaired) electrons. The number of hydrogen-bond donors (Lipinski definition) is 0. The van der Waals surface area contributed by atoms with Gasteiger partial charge in [-0.3, -0.25) is 0 Å². The van der Waals surface area contributed by atoms with Gasteiger partial charge in [0.25, 0.3) is 0 Å². The number of fused-ring (bicyclic) bond motifs is 23. The Bertz CT molecular complexity index is 4070. The molecule has 336 valence electrons. The van der Waals surface area contributed by atoms with Crippen LogP contribution in [0.3, 0.4) is 0 Å². The van der Waals surface area contributed by atoms with E-state index in [0.717, 1.165) is 93.4 Å². The molecule has 8 aromatic carbocycles. The number of rotatable bonds is 1. The van der Waals surface area contributed by atoms with Gasteiger partial charge in [-0.05, 0) is 101 Å². The molecule has 3 aromatic heterocycles. The minimum Gasteiger partial charge on any atom is -0.510 e. The van der Waals surface area contributed by atoms with E-state index in [1.807, 2.05) is 18.2 Å². The van der Waals surface area contributed by atoms with Gasteiger partial charge in [0, 0.05) is 49.5 Å². The largest absolute Gasteiger partial charge is 0.510 e. The van der Waals surface area contributed by atoms with Crippen molar-refractivity contribution in [1.82, 2.24) is 18.5 Å². The molecule has 4 heterocycles. The smallest absolute Gasteiger partial charge is 0.136 e. The summed E-state index contributed by atoms with van der Waals surface area (Å²) in [6.45, 7) is 13.7. The minimum absolute atomic E-state index is 0. The number of benzene rings is 8. The zero-order valence-electron chi connectivity index (χ0n) is 38.9. The SMILES string of the molecule is CC(C)(C)c1cc(-c2ccccc2)c2c(c1)c1ccccc1c1cccc(c1)c1cc(C(C)(C)C)cc(n1)n1c3[c-]c(ccc3c3ccccc31)oc1[c-]c(ccc1)n1[cH-]n2-c2ccccc2-1.[Pt]. The minimum atomic E-state index is -0.161. The fraction of sp³-hybridized carbons (Fsp3) is 0.129. The molecule has 11 aromatic rings. The quantitative estimate of drug-likeness (QED) is 0.154. The maximum Gasteiger partial charge on any atom is 0.136 e. The summed E-state index contributed by atoms with van der Waals surface area (Å²) in [5, 5.41) is 7.78. The Hall–Kier alpha value is -7.33. The molecule has 0 saturated carbocycles. The zero-order valence-corrected chi connectivity index (χ0v) is 41.2. The summed E-state index contributed by atoms with van der Waals surface area (Å²) >= 11 is 0. The van der Waals surface area contributed by atoms with Gasteiger partial charge in [0.05, 0.1) is 5.52 Å². The molecule has 0 spiro atoms. The monoisotopic (exact) mass is 1060 g/mol. The Morgan fingerprint density at radius 2 is 1.15 bits per heavy atom. The summed E-state index contributed by atoms with van der Waals surface area (Å²) in [6, 6.07) is 72.8. The van der Waals surface area contributed by atoms with Gasteiger partial charge in [0.2, 0.25) is 0 Å². The molecule has 0 aliphatic carbocycles. The van der Waals surface area contributed by atoms with E-state index in [1.54, 1.807) is 0 Å². The first kappa shape index (κ1) is 43.3. The number of nitrogens with zero attached hydrogens (tertiary/aromatic N) is 4. The van der Waals surface area contributed by atoms with Crippen LogP contribution in [0.25, 0.3) is 105 Å². The van der Waals surface area contributed by atoms with Crippen molar-refractivity contribution >= 4 is 82.1 Å². The van der Waals surface area contributed by atoms with Gasteiger partial charge >= 0.3 is 0 Å². The maximum atomic E-state index is 6.75. The average Bonchev–Trinajstić information content (AvgIpc) is 3.89. The van der Waals surface area contributed by atoms with Crippen LogP contribution in [0.15, 0.2) is 193 Å². The predicted octanol–water partition coefficient (Wildman–Crippen LogP) is 16.4. The standard InChI is InChI=1S/C62H49N4O.Pt/c1-61(2,3)43-33-52(40-18-8-7-9-19-40)60-53(34-43)49-25-11-10-24-48(49)41-20-16-21-42(32-41)54-35-44(62(4,5)6)36-59(63-54)66-55-27-13-12-26-50(55)51-31-30-47(38-58(51)66)67-46-23-17-22-45(37-46)64-39-65(60)57-29-15-14-28-56(57)64;/h7-36,39H,1-6H3;/q-3;. The number of aromatic nitrogens is 4. The average molecular weight is 1060 g/mol. The fourth-order valence-corrected chi connectivity index (χ4v) is 9.81. The van der Waals surface area contributed by atoms with Gasteiger partial charge in [-0.25, -0.2) is 4.98 Å². The van der Waals surface area contributed by atoms with Gasteiger partial charge < -0.3 is 18.0 Å². The van der Waals surface area contributed by atoms with Gasteiger partial charge in [0.1, 0.15) is 5.65 Å². The Morgan fingerprint density at radius 1 is 0.500 bits per heavy atom. The van der Waals surface area contributed by atoms with E-state index in [4.69, 9.17) is 9.40 Å². The number of hydrogen-bond acceptors (Lipinski definition) is 2. The van der Waals surface area contributed by atoms with E-state index in [0.29, 0.717) is 11.2 Å². The Kier molecular flexibility index (Phi) is 10.5. The normalized spacial score (nSPS) is 12.1. The number of para-hydroxylation sites is 3. The molecule has 0 N–H and O–H groups in total. The molecule has 0 amide bonds. The van der Waals surface area contributed by atoms with Gasteiger partial charge in [-0.1, -0.05) is 174 Å². The van der Waals surface area contributed by atoms with Crippen molar-refractivity contribution in [3.63, 3.8) is 0 Å². The van der Waals surface area contributed by atoms with Crippen LogP contribution < -0.4 is 0 Å². The first-order valence-electron chi connectivity index (χ1n) is 23.1. The third kappa shape index (κ3) is 7.37. The van der Waals surface area contributed by atoms with Crippen molar-refractivity contribution in [1.29, 1.82) is 0 Å². The van der Waals surface area contributed by atoms with Crippen LogP contribution in [0.1, 0.15) is 52.7 Å². The zero-order chi connectivity index (χ0) is 45.6. The number of pyridine rings is 1. The van der Waals surface area contributed by atoms with Crippen molar-refractivity contribution in [3.05, 3.63) is 212 Å². The molecule has 0 atom stereocenters. The second-order valence-corrected chi connectivity index (χ2v) is 19.8. The Morgan fingerprint density at radius 3 is 1.93 bits per heavy atom. The van der Waals surface area contributed by atoms with Crippen LogP contribution in [0.4, 0.5) is 0 Å². The summed E-state index contributed by atoms with van der Waals surface area (Å²) < 4.78 is 13.6. The fourth-order valence-electron chi connectivity index (χ4n) is 9.81. The van der Waals surface area contributed by atoms with E-state index in [-0.39, 0.29) is 31.9 Å². The Labute approximate surface area is 410 Å². The summed E-state index contributed by atoms with van der Waals surface area (Å²) in [7, 11) is 0. The Balaban J connectivity index is 0.00000507. The van der Waals surface area contributed by atoms with Crippen LogP contribution in [0.2, 0.25) is 0 Å². The molecule has 12 rings (SSSR count). The number of imidazole rings is 1. The summed E-state index contributed by atoms with van der Waals surface area (Å²) in [6.07, 6.45) is 2.22. The van der Waals surface area contributed by atoms with Crippen LogP contribution in [0, 0.1) is 12.1 Å². The van der Waals surface area contributed by atoms with Crippen LogP contribution >= 0.6 is 0 Å². The van der Waals surface area contributed by atoms with Gasteiger partial charge in [-0.15, -0.1) is 29.1 Å². The maximum absolute atomic E-state index is 6.75. The van der Waals surface area contributed by atoms with Crippen molar-refractivity contribution in [3.8, 4) is 22.5 Å². The van der Waals surface area contributed by atoms with Crippen molar-refractivity contribution in [2.45, 2.75) is 52.4 Å². The van der Waals surface area contributed by atoms with Crippen LogP contribution in [-0.2, 0) is 31.9 Å². The molecule has 1 aliphatic rings. The van der Waals surface area contributed by atoms with E-state index in [1.165, 1.54) is 11.1 Å². The van der Waals surface area contributed by atoms with Crippen LogP contribution in [0.5, 0.6) is 0 Å². The van der Waals surface area contributed by atoms with Crippen molar-refractivity contribution in [2.75, 3.05) is 0 Å². The van der Waals surface area contributed by atoms with Crippen molar-refractivity contribution < 1.29 is 25.5 Å². The second-order valence-electron chi connectivity index (χ2n) is 19.8. The molecule has 10 bridgehead atoms. The molecule has 0 fully saturated rings. The second kappa shape index (κ2) is 16.5. The molecule has 1 aliphatic heterocycles. The molecule has 0 saturated heterocycles. The molecule has 68 heavy (non-hydrogen) atoms. The van der Waals surface area contributed by atoms with E-state index >= 15 is 0 Å². The third-order valence-electron chi connectivity index (χ3n) is 13.3. The van der Waals surface area contributed by atoms with E-state index in [2.05, 4.69) is 237 Å².